The lowest BCUT2D eigenvalue weighted by Crippen LogP contribution is -2.08. The van der Waals surface area contributed by atoms with E-state index < -0.39 is 0 Å². The number of benzene rings is 1. The lowest BCUT2D eigenvalue weighted by Gasteiger charge is -2.13. The Hall–Kier alpha value is -2.89. The summed E-state index contributed by atoms with van der Waals surface area (Å²) in [5.74, 6) is 1.34. The van der Waals surface area contributed by atoms with Gasteiger partial charge in [-0.2, -0.15) is 0 Å². The Kier molecular flexibility index (Phi) is 4.46. The summed E-state index contributed by atoms with van der Waals surface area (Å²) in [6.45, 7) is 4.88. The molecule has 0 radical (unpaired) electrons. The molecule has 2 aromatic heterocycles. The molecular formula is C18H20N4O2. The molecule has 0 bridgehead atoms. The van der Waals surface area contributed by atoms with Gasteiger partial charge in [0.05, 0.1) is 12.7 Å². The van der Waals surface area contributed by atoms with E-state index in [9.17, 15) is 4.79 Å². The molecule has 0 spiro atoms. The summed E-state index contributed by atoms with van der Waals surface area (Å²) in [5.41, 5.74) is 1.62. The minimum atomic E-state index is -0.330. The highest BCUT2D eigenvalue weighted by molar-refractivity contribution is 5.89. The monoisotopic (exact) mass is 324 g/mol. The lowest BCUT2D eigenvalue weighted by atomic mass is 10.1. The number of carbonyl (C=O) groups is 1. The molecule has 0 unspecified atom stereocenters. The van der Waals surface area contributed by atoms with Crippen LogP contribution in [0.1, 0.15) is 35.8 Å². The second kappa shape index (κ2) is 6.70. The Labute approximate surface area is 140 Å². The van der Waals surface area contributed by atoms with Gasteiger partial charge in [-0.05, 0) is 31.5 Å². The molecule has 6 heteroatoms. The molecule has 0 aliphatic carbocycles. The summed E-state index contributed by atoms with van der Waals surface area (Å²) in [6.07, 6.45) is 7.46. The predicted octanol–water partition coefficient (Wildman–Crippen LogP) is 3.16. The second-order valence-electron chi connectivity index (χ2n) is 5.82. The fourth-order valence-electron chi connectivity index (χ4n) is 2.61. The first-order chi connectivity index (χ1) is 11.6. The molecule has 1 aromatic carbocycles. The number of ether oxygens (including phenoxy) is 1. The SMILES string of the molecule is COC(=O)c1ccc(Cn2ccnc2-c2nccn2C(C)C)cc1. The zero-order valence-corrected chi connectivity index (χ0v) is 14.0. The smallest absolute Gasteiger partial charge is 0.337 e. The molecule has 0 amide bonds. The van der Waals surface area contributed by atoms with Crippen LogP contribution in [0.15, 0.2) is 49.1 Å². The van der Waals surface area contributed by atoms with Crippen LogP contribution in [0, 0.1) is 0 Å². The molecule has 6 nitrogen and oxygen atoms in total. The van der Waals surface area contributed by atoms with Gasteiger partial charge >= 0.3 is 5.97 Å². The van der Waals surface area contributed by atoms with Crippen molar-refractivity contribution in [2.24, 2.45) is 0 Å². The number of hydrogen-bond donors (Lipinski definition) is 0. The summed E-state index contributed by atoms with van der Waals surface area (Å²) in [4.78, 5) is 20.4. The number of aromatic nitrogens is 4. The Morgan fingerprint density at radius 1 is 1.08 bits per heavy atom. The molecule has 0 saturated carbocycles. The quantitative estimate of drug-likeness (QED) is 0.676. The zero-order chi connectivity index (χ0) is 17.1. The van der Waals surface area contributed by atoms with Crippen molar-refractivity contribution in [3.05, 3.63) is 60.2 Å². The van der Waals surface area contributed by atoms with Gasteiger partial charge in [-0.1, -0.05) is 12.1 Å². The van der Waals surface area contributed by atoms with E-state index in [0.29, 0.717) is 18.2 Å². The van der Waals surface area contributed by atoms with Crippen molar-refractivity contribution in [1.82, 2.24) is 19.1 Å². The van der Waals surface area contributed by atoms with Crippen molar-refractivity contribution < 1.29 is 9.53 Å². The Morgan fingerprint density at radius 3 is 2.42 bits per heavy atom. The van der Waals surface area contributed by atoms with Crippen molar-refractivity contribution >= 4 is 5.97 Å². The average molecular weight is 324 g/mol. The number of methoxy groups -OCH3 is 1. The normalized spacial score (nSPS) is 11.0. The molecule has 3 aromatic rings. The number of nitrogens with zero attached hydrogens (tertiary/aromatic N) is 4. The number of esters is 1. The average Bonchev–Trinajstić information content (AvgIpc) is 3.23. The Bertz CT molecular complexity index is 831. The van der Waals surface area contributed by atoms with E-state index >= 15 is 0 Å². The fourth-order valence-corrected chi connectivity index (χ4v) is 2.61. The number of imidazole rings is 2. The minimum Gasteiger partial charge on any atom is -0.465 e. The Morgan fingerprint density at radius 2 is 1.75 bits per heavy atom. The molecule has 24 heavy (non-hydrogen) atoms. The zero-order valence-electron chi connectivity index (χ0n) is 14.0. The number of rotatable bonds is 5. The van der Waals surface area contributed by atoms with Gasteiger partial charge in [0.2, 0.25) is 0 Å². The molecule has 0 atom stereocenters. The van der Waals surface area contributed by atoms with E-state index in [2.05, 4.69) is 28.4 Å². The van der Waals surface area contributed by atoms with Crippen molar-refractivity contribution in [3.63, 3.8) is 0 Å². The maximum absolute atomic E-state index is 11.5. The van der Waals surface area contributed by atoms with E-state index in [4.69, 9.17) is 4.74 Å². The van der Waals surface area contributed by atoms with Gasteiger partial charge in [-0.15, -0.1) is 0 Å². The second-order valence-corrected chi connectivity index (χ2v) is 5.82. The standard InChI is InChI=1S/C18H20N4O2/c1-13(2)22-11-9-20-17(22)16-19-8-10-21(16)12-14-4-6-15(7-5-14)18(23)24-3/h4-11,13H,12H2,1-3H3. The summed E-state index contributed by atoms with van der Waals surface area (Å²) >= 11 is 0. The highest BCUT2D eigenvalue weighted by atomic mass is 16.5. The summed E-state index contributed by atoms with van der Waals surface area (Å²) in [5, 5.41) is 0. The molecule has 124 valence electrons. The van der Waals surface area contributed by atoms with Crippen molar-refractivity contribution in [2.45, 2.75) is 26.4 Å². The third-order valence-electron chi connectivity index (χ3n) is 3.87. The third-order valence-corrected chi connectivity index (χ3v) is 3.87. The van der Waals surface area contributed by atoms with E-state index in [1.807, 2.05) is 29.1 Å². The number of hydrogen-bond acceptors (Lipinski definition) is 4. The van der Waals surface area contributed by atoms with Gasteiger partial charge in [-0.25, -0.2) is 14.8 Å². The third kappa shape index (κ3) is 3.08. The molecule has 0 saturated heterocycles. The molecule has 0 N–H and O–H groups in total. The molecular weight excluding hydrogens is 304 g/mol. The van der Waals surface area contributed by atoms with E-state index in [1.54, 1.807) is 24.5 Å². The van der Waals surface area contributed by atoms with Gasteiger partial charge in [0.25, 0.3) is 0 Å². The van der Waals surface area contributed by atoms with Crippen LogP contribution in [-0.2, 0) is 11.3 Å². The molecule has 2 heterocycles. The highest BCUT2D eigenvalue weighted by Gasteiger charge is 2.14. The van der Waals surface area contributed by atoms with E-state index in [1.165, 1.54) is 7.11 Å². The first-order valence-electron chi connectivity index (χ1n) is 7.81. The van der Waals surface area contributed by atoms with Crippen LogP contribution in [-0.4, -0.2) is 32.2 Å². The summed E-state index contributed by atoms with van der Waals surface area (Å²) in [6, 6.07) is 7.70. The van der Waals surface area contributed by atoms with Crippen LogP contribution >= 0.6 is 0 Å². The number of carbonyl (C=O) groups excluding carboxylic acids is 1. The van der Waals surface area contributed by atoms with Crippen molar-refractivity contribution in [2.75, 3.05) is 7.11 Å². The van der Waals surface area contributed by atoms with Gasteiger partial charge in [0, 0.05) is 37.4 Å². The summed E-state index contributed by atoms with van der Waals surface area (Å²) < 4.78 is 8.87. The van der Waals surface area contributed by atoms with Crippen LogP contribution in [0.4, 0.5) is 0 Å². The van der Waals surface area contributed by atoms with Crippen LogP contribution in [0.2, 0.25) is 0 Å². The van der Waals surface area contributed by atoms with Gasteiger partial charge in [-0.3, -0.25) is 0 Å². The topological polar surface area (TPSA) is 61.9 Å². The molecule has 3 rings (SSSR count). The fraction of sp³-hybridized carbons (Fsp3) is 0.278. The van der Waals surface area contributed by atoms with Crippen molar-refractivity contribution in [1.29, 1.82) is 0 Å². The highest BCUT2D eigenvalue weighted by Crippen LogP contribution is 2.20. The minimum absolute atomic E-state index is 0.312. The lowest BCUT2D eigenvalue weighted by molar-refractivity contribution is 0.0600. The van der Waals surface area contributed by atoms with E-state index in [-0.39, 0.29) is 5.97 Å². The molecule has 0 fully saturated rings. The largest absolute Gasteiger partial charge is 0.465 e. The van der Waals surface area contributed by atoms with Gasteiger partial charge in [0.15, 0.2) is 11.6 Å². The van der Waals surface area contributed by atoms with E-state index in [0.717, 1.165) is 17.2 Å². The maximum Gasteiger partial charge on any atom is 0.337 e. The first-order valence-corrected chi connectivity index (χ1v) is 7.81. The van der Waals surface area contributed by atoms with Crippen molar-refractivity contribution in [3.8, 4) is 11.6 Å². The first kappa shape index (κ1) is 16.0. The van der Waals surface area contributed by atoms with Crippen LogP contribution in [0.3, 0.4) is 0 Å². The van der Waals surface area contributed by atoms with Gasteiger partial charge in [0.1, 0.15) is 0 Å². The summed E-state index contributed by atoms with van der Waals surface area (Å²) in [7, 11) is 1.38. The maximum atomic E-state index is 11.5. The van der Waals surface area contributed by atoms with Gasteiger partial charge < -0.3 is 13.9 Å². The predicted molar refractivity (Wildman–Crippen MR) is 90.7 cm³/mol. The Balaban J connectivity index is 1.86. The molecule has 0 aliphatic rings. The molecule has 0 aliphatic heterocycles. The van der Waals surface area contributed by atoms with Crippen LogP contribution < -0.4 is 0 Å². The van der Waals surface area contributed by atoms with Crippen LogP contribution in [0.5, 0.6) is 0 Å². The van der Waals surface area contributed by atoms with Crippen LogP contribution in [0.25, 0.3) is 11.6 Å².